The number of carbonyl (C=O) groups excluding carboxylic acids is 1. The van der Waals surface area contributed by atoms with Gasteiger partial charge in [0.15, 0.2) is 0 Å². The van der Waals surface area contributed by atoms with Crippen molar-refractivity contribution < 1.29 is 33.5 Å². The third-order valence-corrected chi connectivity index (χ3v) is 4.80. The van der Waals surface area contributed by atoms with E-state index in [-0.39, 0.29) is 13.0 Å². The summed E-state index contributed by atoms with van der Waals surface area (Å²) in [7, 11) is -4.62. The minimum absolute atomic E-state index is 0.281. The molecule has 0 bridgehead atoms. The monoisotopic (exact) mass is 416 g/mol. The van der Waals surface area contributed by atoms with Crippen LogP contribution in [0.1, 0.15) is 63.4 Å². The Morgan fingerprint density at radius 3 is 2.07 bits per heavy atom. The van der Waals surface area contributed by atoms with Crippen LogP contribution in [0.5, 0.6) is 0 Å². The van der Waals surface area contributed by atoms with Gasteiger partial charge in [-0.15, -0.1) is 0 Å². The van der Waals surface area contributed by atoms with Crippen LogP contribution < -0.4 is 0 Å². The summed E-state index contributed by atoms with van der Waals surface area (Å²) in [5.41, 5.74) is 1.40. The summed E-state index contributed by atoms with van der Waals surface area (Å²) in [5.74, 6) is -0.420. The van der Waals surface area contributed by atoms with Crippen LogP contribution in [0.4, 0.5) is 0 Å². The summed E-state index contributed by atoms with van der Waals surface area (Å²) in [6.07, 6.45) is 9.05. The first kappa shape index (κ1) is 24.8. The number of aliphatic hydroxyl groups excluding tert-OH is 1. The number of unbranched alkanes of at least 4 members (excludes halogenated alkanes) is 7. The Labute approximate surface area is 167 Å². The predicted octanol–water partition coefficient (Wildman–Crippen LogP) is 3.75. The fraction of sp³-hybridized carbons (Fsp3) is 0.650. The van der Waals surface area contributed by atoms with Crippen molar-refractivity contribution in [2.24, 2.45) is 0 Å². The number of hydrogen-bond donors (Lipinski definition) is 3. The van der Waals surface area contributed by atoms with Gasteiger partial charge in [0.2, 0.25) is 0 Å². The Bertz CT molecular complexity index is 573. The summed E-state index contributed by atoms with van der Waals surface area (Å²) in [4.78, 5) is 28.6. The number of phosphoric ester groups is 1. The number of hydrogen-bond acceptors (Lipinski definition) is 5. The van der Waals surface area contributed by atoms with Gasteiger partial charge < -0.3 is 19.6 Å². The molecule has 0 saturated carbocycles. The summed E-state index contributed by atoms with van der Waals surface area (Å²) in [6.45, 7) is -0.912. The molecule has 8 heteroatoms. The quantitative estimate of drug-likeness (QED) is 0.214. The number of benzene rings is 1. The molecule has 160 valence electrons. The van der Waals surface area contributed by atoms with Crippen LogP contribution in [0.15, 0.2) is 30.3 Å². The molecule has 3 N–H and O–H groups in total. The number of esters is 1. The van der Waals surface area contributed by atoms with Crippen LogP contribution in [0.2, 0.25) is 0 Å². The molecule has 1 rings (SSSR count). The maximum absolute atomic E-state index is 11.5. The fourth-order valence-corrected chi connectivity index (χ4v) is 3.16. The Morgan fingerprint density at radius 2 is 1.46 bits per heavy atom. The molecule has 28 heavy (non-hydrogen) atoms. The maximum Gasteiger partial charge on any atom is 0.469 e. The third-order valence-electron chi connectivity index (χ3n) is 4.31. The zero-order chi connectivity index (χ0) is 20.7. The first-order chi connectivity index (χ1) is 13.4. The van der Waals surface area contributed by atoms with Crippen molar-refractivity contribution in [2.75, 3.05) is 13.2 Å². The molecule has 0 aliphatic carbocycles. The summed E-state index contributed by atoms with van der Waals surface area (Å²) in [5, 5.41) is 9.41. The van der Waals surface area contributed by atoms with E-state index < -0.39 is 26.5 Å². The average Bonchev–Trinajstić information content (AvgIpc) is 2.66. The van der Waals surface area contributed by atoms with Gasteiger partial charge in [-0.25, -0.2) is 4.57 Å². The van der Waals surface area contributed by atoms with Crippen molar-refractivity contribution in [1.29, 1.82) is 0 Å². The molecule has 1 aromatic carbocycles. The minimum Gasteiger partial charge on any atom is -0.463 e. The van der Waals surface area contributed by atoms with Crippen LogP contribution in [0.25, 0.3) is 0 Å². The molecule has 0 radical (unpaired) electrons. The highest BCUT2D eigenvalue weighted by Gasteiger charge is 2.17. The number of aliphatic hydroxyl groups is 1. The van der Waals surface area contributed by atoms with E-state index >= 15 is 0 Å². The number of ether oxygens (including phenoxy) is 1. The van der Waals surface area contributed by atoms with Crippen LogP contribution >= 0.6 is 7.82 Å². The van der Waals surface area contributed by atoms with E-state index in [4.69, 9.17) is 14.5 Å². The lowest BCUT2D eigenvalue weighted by atomic mass is 10.0. The highest BCUT2D eigenvalue weighted by Crippen LogP contribution is 2.35. The summed E-state index contributed by atoms with van der Waals surface area (Å²) < 4.78 is 19.5. The second-order valence-corrected chi connectivity index (χ2v) is 8.18. The molecule has 7 nitrogen and oxygen atoms in total. The van der Waals surface area contributed by atoms with Crippen LogP contribution in [-0.4, -0.2) is 40.2 Å². The Kier molecular flexibility index (Phi) is 13.0. The van der Waals surface area contributed by atoms with Gasteiger partial charge in [0.1, 0.15) is 12.7 Å². The molecule has 0 unspecified atom stereocenters. The topological polar surface area (TPSA) is 113 Å². The molecule has 0 spiro atoms. The molecule has 0 saturated heterocycles. The van der Waals surface area contributed by atoms with E-state index in [2.05, 4.69) is 28.8 Å². The first-order valence-electron chi connectivity index (χ1n) is 9.94. The molecular weight excluding hydrogens is 383 g/mol. The third kappa shape index (κ3) is 14.8. The molecule has 0 aliphatic heterocycles. The van der Waals surface area contributed by atoms with Gasteiger partial charge >= 0.3 is 13.8 Å². The molecule has 0 aliphatic rings. The molecule has 1 atom stereocenters. The summed E-state index contributed by atoms with van der Waals surface area (Å²) in [6, 6.07) is 10.5. The molecular formula is C20H33O7P. The van der Waals surface area contributed by atoms with Gasteiger partial charge in [0.25, 0.3) is 0 Å². The van der Waals surface area contributed by atoms with Crippen LogP contribution in [0, 0.1) is 0 Å². The number of rotatable bonds is 16. The largest absolute Gasteiger partial charge is 0.469 e. The van der Waals surface area contributed by atoms with Crippen molar-refractivity contribution >= 4 is 13.8 Å². The maximum atomic E-state index is 11.5. The van der Waals surface area contributed by atoms with Crippen molar-refractivity contribution in [3.05, 3.63) is 35.9 Å². The lowest BCUT2D eigenvalue weighted by Gasteiger charge is -2.12. The Morgan fingerprint density at radius 1 is 0.893 bits per heavy atom. The SMILES string of the molecule is O=C(CCCCCCCCCCc1ccccc1)OC[C@@H](O)COP(=O)(O)O. The van der Waals surface area contributed by atoms with Crippen LogP contribution in [0.3, 0.4) is 0 Å². The molecule has 0 aromatic heterocycles. The average molecular weight is 416 g/mol. The van der Waals surface area contributed by atoms with Gasteiger partial charge in [-0.2, -0.15) is 0 Å². The van der Waals surface area contributed by atoms with Crippen molar-refractivity contribution in [3.63, 3.8) is 0 Å². The van der Waals surface area contributed by atoms with Crippen molar-refractivity contribution in [1.82, 2.24) is 0 Å². The first-order valence-corrected chi connectivity index (χ1v) is 11.5. The summed E-state index contributed by atoms with van der Waals surface area (Å²) >= 11 is 0. The highest BCUT2D eigenvalue weighted by molar-refractivity contribution is 7.46. The van der Waals surface area contributed by atoms with Crippen LogP contribution in [-0.2, 0) is 25.0 Å². The van der Waals surface area contributed by atoms with Gasteiger partial charge in [-0.1, -0.05) is 68.9 Å². The second kappa shape index (κ2) is 14.7. The van der Waals surface area contributed by atoms with E-state index in [0.29, 0.717) is 0 Å². The van der Waals surface area contributed by atoms with E-state index in [1.54, 1.807) is 0 Å². The minimum atomic E-state index is -4.62. The predicted molar refractivity (Wildman–Crippen MR) is 107 cm³/mol. The number of aryl methyl sites for hydroxylation is 1. The van der Waals surface area contributed by atoms with E-state index in [0.717, 1.165) is 25.7 Å². The van der Waals surface area contributed by atoms with E-state index in [9.17, 15) is 14.5 Å². The van der Waals surface area contributed by atoms with Gasteiger partial charge in [-0.3, -0.25) is 9.32 Å². The van der Waals surface area contributed by atoms with Gasteiger partial charge in [0, 0.05) is 6.42 Å². The second-order valence-electron chi connectivity index (χ2n) is 6.94. The van der Waals surface area contributed by atoms with E-state index in [1.165, 1.54) is 37.7 Å². The standard InChI is InChI=1S/C20H33O7P/c21-19(17-27-28(23,24)25)16-26-20(22)15-11-6-4-2-1-3-5-8-12-18-13-9-7-10-14-18/h7,9-10,13-14,19,21H,1-6,8,11-12,15-17H2,(H2,23,24,25)/t19-/m1/s1. The number of phosphoric acid groups is 1. The Hall–Kier alpha value is -1.24. The van der Waals surface area contributed by atoms with Crippen molar-refractivity contribution in [2.45, 2.75) is 70.3 Å². The molecule has 0 amide bonds. The lowest BCUT2D eigenvalue weighted by Crippen LogP contribution is -2.23. The fourth-order valence-electron chi connectivity index (χ4n) is 2.80. The number of carbonyl (C=O) groups is 1. The van der Waals surface area contributed by atoms with Crippen molar-refractivity contribution in [3.8, 4) is 0 Å². The molecule has 1 aromatic rings. The Balaban J connectivity index is 1.87. The normalized spacial score (nSPS) is 12.7. The zero-order valence-corrected chi connectivity index (χ0v) is 17.3. The highest BCUT2D eigenvalue weighted by atomic mass is 31.2. The van der Waals surface area contributed by atoms with Gasteiger partial charge in [0.05, 0.1) is 6.61 Å². The van der Waals surface area contributed by atoms with Gasteiger partial charge in [-0.05, 0) is 24.8 Å². The molecule has 0 fully saturated rings. The lowest BCUT2D eigenvalue weighted by molar-refractivity contribution is -0.147. The smallest absolute Gasteiger partial charge is 0.463 e. The van der Waals surface area contributed by atoms with E-state index in [1.807, 2.05) is 6.07 Å². The molecule has 0 heterocycles. The zero-order valence-electron chi connectivity index (χ0n) is 16.4.